The van der Waals surface area contributed by atoms with E-state index in [9.17, 15) is 26.3 Å². The summed E-state index contributed by atoms with van der Waals surface area (Å²) in [4.78, 5) is 1.67. The zero-order valence-corrected chi connectivity index (χ0v) is 13.4. The number of halogens is 7. The van der Waals surface area contributed by atoms with Gasteiger partial charge in [-0.3, -0.25) is 4.90 Å². The second-order valence-electron chi connectivity index (χ2n) is 5.68. The van der Waals surface area contributed by atoms with Crippen molar-refractivity contribution < 1.29 is 26.3 Å². The minimum absolute atomic E-state index is 0.0963. The van der Waals surface area contributed by atoms with E-state index in [-0.39, 0.29) is 10.6 Å². The van der Waals surface area contributed by atoms with Gasteiger partial charge in [0.15, 0.2) is 0 Å². The lowest BCUT2D eigenvalue weighted by molar-refractivity contribution is -0.141. The fourth-order valence-electron chi connectivity index (χ4n) is 2.89. The molecule has 0 aromatic heterocycles. The second-order valence-corrected chi connectivity index (χ2v) is 6.12. The molecule has 1 N–H and O–H groups in total. The highest BCUT2D eigenvalue weighted by atomic mass is 35.5. The van der Waals surface area contributed by atoms with Crippen molar-refractivity contribution in [3.05, 3.63) is 34.3 Å². The van der Waals surface area contributed by atoms with E-state index in [0.717, 1.165) is 6.07 Å². The molecule has 9 heteroatoms. The molecule has 1 saturated heterocycles. The molecule has 136 valence electrons. The molecule has 1 aromatic rings. The summed E-state index contributed by atoms with van der Waals surface area (Å²) in [7, 11) is 0. The molecule has 1 atom stereocenters. The topological polar surface area (TPSA) is 15.3 Å². The van der Waals surface area contributed by atoms with E-state index in [1.54, 1.807) is 4.90 Å². The molecule has 0 bridgehead atoms. The van der Waals surface area contributed by atoms with Gasteiger partial charge in [-0.05, 0) is 24.1 Å². The minimum atomic E-state index is -4.68. The maximum atomic E-state index is 13.3. The molecule has 1 fully saturated rings. The van der Waals surface area contributed by atoms with Crippen LogP contribution in [0.1, 0.15) is 30.0 Å². The Balaban J connectivity index is 2.38. The highest BCUT2D eigenvalue weighted by molar-refractivity contribution is 6.30. The maximum Gasteiger partial charge on any atom is 0.416 e. The Kier molecular flexibility index (Phi) is 6.04. The minimum Gasteiger partial charge on any atom is -0.314 e. The molecular formula is C15H17ClF6N2. The lowest BCUT2D eigenvalue weighted by Crippen LogP contribution is -2.45. The van der Waals surface area contributed by atoms with Gasteiger partial charge in [0.2, 0.25) is 0 Å². The SMILES string of the molecule is FC(F)(F)CC[C@H](c1ccc(Cl)cc1C(F)(F)F)N1CCNCC1. The van der Waals surface area contributed by atoms with Gasteiger partial charge in [-0.1, -0.05) is 17.7 Å². The second kappa shape index (κ2) is 7.49. The summed E-state index contributed by atoms with van der Waals surface area (Å²) in [5, 5.41) is 2.94. The highest BCUT2D eigenvalue weighted by Crippen LogP contribution is 2.40. The van der Waals surface area contributed by atoms with E-state index in [1.165, 1.54) is 12.1 Å². The molecule has 1 aliphatic heterocycles. The molecule has 0 unspecified atom stereocenters. The van der Waals surface area contributed by atoms with Gasteiger partial charge >= 0.3 is 12.4 Å². The molecule has 0 spiro atoms. The van der Waals surface area contributed by atoms with Crippen LogP contribution in [-0.4, -0.2) is 37.3 Å². The largest absolute Gasteiger partial charge is 0.416 e. The molecule has 24 heavy (non-hydrogen) atoms. The van der Waals surface area contributed by atoms with Gasteiger partial charge in [0, 0.05) is 43.7 Å². The van der Waals surface area contributed by atoms with Crippen LogP contribution in [-0.2, 0) is 6.18 Å². The third kappa shape index (κ3) is 5.26. The fourth-order valence-corrected chi connectivity index (χ4v) is 3.07. The van der Waals surface area contributed by atoms with Gasteiger partial charge in [0.25, 0.3) is 0 Å². The average Bonchev–Trinajstić information content (AvgIpc) is 2.47. The molecule has 1 aliphatic rings. The highest BCUT2D eigenvalue weighted by Gasteiger charge is 2.38. The van der Waals surface area contributed by atoms with Crippen molar-refractivity contribution in [3.63, 3.8) is 0 Å². The van der Waals surface area contributed by atoms with Crippen LogP contribution in [0.25, 0.3) is 0 Å². The Morgan fingerprint density at radius 3 is 2.25 bits per heavy atom. The fraction of sp³-hybridized carbons (Fsp3) is 0.600. The molecule has 0 radical (unpaired) electrons. The summed E-state index contributed by atoms with van der Waals surface area (Å²) in [5.74, 6) is 0. The van der Waals surface area contributed by atoms with Crippen LogP contribution < -0.4 is 5.32 Å². The number of alkyl halides is 6. The summed E-state index contributed by atoms with van der Waals surface area (Å²) >= 11 is 5.66. The number of hydrogen-bond donors (Lipinski definition) is 1. The van der Waals surface area contributed by atoms with E-state index in [2.05, 4.69) is 5.32 Å². The molecule has 0 saturated carbocycles. The summed E-state index contributed by atoms with van der Waals surface area (Å²) < 4.78 is 77.8. The molecule has 2 nitrogen and oxygen atoms in total. The zero-order valence-electron chi connectivity index (χ0n) is 12.6. The number of nitrogens with one attached hydrogen (secondary N) is 1. The van der Waals surface area contributed by atoms with Crippen LogP contribution in [0.2, 0.25) is 5.02 Å². The van der Waals surface area contributed by atoms with Gasteiger partial charge in [-0.25, -0.2) is 0 Å². The average molecular weight is 375 g/mol. The first-order valence-electron chi connectivity index (χ1n) is 7.46. The van der Waals surface area contributed by atoms with Gasteiger partial charge in [-0.15, -0.1) is 0 Å². The van der Waals surface area contributed by atoms with Crippen molar-refractivity contribution in [1.29, 1.82) is 0 Å². The number of hydrogen-bond acceptors (Lipinski definition) is 2. The summed E-state index contributed by atoms with van der Waals surface area (Å²) in [5.41, 5.74) is -1.13. The van der Waals surface area contributed by atoms with Crippen molar-refractivity contribution in [2.75, 3.05) is 26.2 Å². The van der Waals surface area contributed by atoms with Crippen LogP contribution in [0.4, 0.5) is 26.3 Å². The first kappa shape index (κ1) is 19.3. The molecular weight excluding hydrogens is 358 g/mol. The smallest absolute Gasteiger partial charge is 0.314 e. The first-order valence-corrected chi connectivity index (χ1v) is 7.84. The summed E-state index contributed by atoms with van der Waals surface area (Å²) in [6.07, 6.45) is -10.7. The molecule has 0 amide bonds. The maximum absolute atomic E-state index is 13.3. The van der Waals surface area contributed by atoms with Gasteiger partial charge < -0.3 is 5.32 Å². The van der Waals surface area contributed by atoms with Gasteiger partial charge in [0.1, 0.15) is 0 Å². The van der Waals surface area contributed by atoms with E-state index in [1.807, 2.05) is 0 Å². The van der Waals surface area contributed by atoms with Crippen molar-refractivity contribution >= 4 is 11.6 Å². The van der Waals surface area contributed by atoms with E-state index < -0.39 is 36.8 Å². The quantitative estimate of drug-likeness (QED) is 0.772. The summed E-state index contributed by atoms with van der Waals surface area (Å²) in [6.45, 7) is 1.83. The Bertz CT molecular complexity index is 552. The van der Waals surface area contributed by atoms with E-state index in [0.29, 0.717) is 26.2 Å². The Hall–Kier alpha value is -0.990. The number of rotatable bonds is 4. The van der Waals surface area contributed by atoms with Crippen LogP contribution >= 0.6 is 11.6 Å². The normalized spacial score (nSPS) is 18.6. The number of benzene rings is 1. The Morgan fingerprint density at radius 2 is 1.71 bits per heavy atom. The van der Waals surface area contributed by atoms with Gasteiger partial charge in [0.05, 0.1) is 5.56 Å². The van der Waals surface area contributed by atoms with Crippen LogP contribution in [0.15, 0.2) is 18.2 Å². The van der Waals surface area contributed by atoms with Gasteiger partial charge in [-0.2, -0.15) is 26.3 Å². The van der Waals surface area contributed by atoms with Crippen molar-refractivity contribution in [1.82, 2.24) is 10.2 Å². The Labute approximate surface area is 140 Å². The van der Waals surface area contributed by atoms with Crippen LogP contribution in [0, 0.1) is 0 Å². The predicted octanol–water partition coefficient (Wildman–Crippen LogP) is 4.65. The molecule has 0 aliphatic carbocycles. The molecule has 1 aromatic carbocycles. The molecule has 1 heterocycles. The van der Waals surface area contributed by atoms with E-state index >= 15 is 0 Å². The number of piperazine rings is 1. The predicted molar refractivity (Wildman–Crippen MR) is 78.9 cm³/mol. The van der Waals surface area contributed by atoms with E-state index in [4.69, 9.17) is 11.6 Å². The monoisotopic (exact) mass is 374 g/mol. The standard InChI is InChI=1S/C15H17ClF6N2/c16-10-1-2-11(12(9-10)15(20,21)22)13(3-4-14(17,18)19)24-7-5-23-6-8-24/h1-2,9,13,23H,3-8H2/t13-/m1/s1. The number of nitrogens with zero attached hydrogens (tertiary/aromatic N) is 1. The molecule has 2 rings (SSSR count). The third-order valence-electron chi connectivity index (χ3n) is 3.97. The van der Waals surface area contributed by atoms with Crippen molar-refractivity contribution in [3.8, 4) is 0 Å². The lowest BCUT2D eigenvalue weighted by Gasteiger charge is -2.36. The van der Waals surface area contributed by atoms with Crippen molar-refractivity contribution in [2.24, 2.45) is 0 Å². The zero-order chi connectivity index (χ0) is 18.0. The first-order chi connectivity index (χ1) is 11.1. The Morgan fingerprint density at radius 1 is 1.08 bits per heavy atom. The summed E-state index contributed by atoms with van der Waals surface area (Å²) in [6, 6.07) is 2.30. The third-order valence-corrected chi connectivity index (χ3v) is 4.21. The van der Waals surface area contributed by atoms with Crippen molar-refractivity contribution in [2.45, 2.75) is 31.2 Å². The van der Waals surface area contributed by atoms with Crippen LogP contribution in [0.3, 0.4) is 0 Å². The lowest BCUT2D eigenvalue weighted by atomic mass is 9.94. The van der Waals surface area contributed by atoms with Crippen LogP contribution in [0.5, 0.6) is 0 Å².